The Bertz CT molecular complexity index is 745. The van der Waals surface area contributed by atoms with Crippen molar-refractivity contribution in [3.05, 3.63) is 59.2 Å². The zero-order valence-electron chi connectivity index (χ0n) is 14.6. The van der Waals surface area contributed by atoms with Gasteiger partial charge in [-0.25, -0.2) is 0 Å². The Kier molecular flexibility index (Phi) is 5.24. The molecule has 1 atom stereocenters. The van der Waals surface area contributed by atoms with Crippen LogP contribution in [-0.2, 0) is 11.2 Å². The summed E-state index contributed by atoms with van der Waals surface area (Å²) in [6.07, 6.45) is 0.991. The van der Waals surface area contributed by atoms with Gasteiger partial charge in [-0.3, -0.25) is 9.69 Å². The number of fused-ring (bicyclic) bond motifs is 1. The van der Waals surface area contributed by atoms with Gasteiger partial charge in [-0.2, -0.15) is 0 Å². The van der Waals surface area contributed by atoms with Crippen molar-refractivity contribution < 1.29 is 19.4 Å². The topological polar surface area (TPSA) is 59.0 Å². The Hall–Kier alpha value is -2.53. The first-order valence-electron chi connectivity index (χ1n) is 8.39. The monoisotopic (exact) mass is 341 g/mol. The van der Waals surface area contributed by atoms with Crippen molar-refractivity contribution in [3.63, 3.8) is 0 Å². The molecular formula is C20H23NO4. The minimum atomic E-state index is -0.773. The summed E-state index contributed by atoms with van der Waals surface area (Å²) >= 11 is 0. The third-order valence-electron chi connectivity index (χ3n) is 4.70. The lowest BCUT2D eigenvalue weighted by molar-refractivity contribution is -0.137. The van der Waals surface area contributed by atoms with Crippen LogP contribution < -0.4 is 9.47 Å². The van der Waals surface area contributed by atoms with Crippen LogP contribution in [0.1, 0.15) is 29.2 Å². The number of methoxy groups -OCH3 is 2. The summed E-state index contributed by atoms with van der Waals surface area (Å²) in [6.45, 7) is 1.33. The van der Waals surface area contributed by atoms with Crippen LogP contribution >= 0.6 is 0 Å². The molecule has 0 aromatic heterocycles. The van der Waals surface area contributed by atoms with Crippen molar-refractivity contribution in [1.82, 2.24) is 4.90 Å². The average molecular weight is 341 g/mol. The summed E-state index contributed by atoms with van der Waals surface area (Å²) in [5, 5.41) is 9.08. The molecular weight excluding hydrogens is 318 g/mol. The number of hydrogen-bond donors (Lipinski definition) is 1. The van der Waals surface area contributed by atoms with Crippen molar-refractivity contribution in [1.29, 1.82) is 0 Å². The standard InChI is InChI=1S/C20H23NO4/c1-24-17-12-15-8-10-21(11-9-19(22)23)20(14-6-4-3-5-7-14)16(15)13-18(17)25-2/h3-7,12-13,20H,8-11H2,1-2H3,(H,22,23). The van der Waals surface area contributed by atoms with Crippen LogP contribution in [-0.4, -0.2) is 43.3 Å². The van der Waals surface area contributed by atoms with E-state index in [4.69, 9.17) is 14.6 Å². The van der Waals surface area contributed by atoms with Gasteiger partial charge in [0.05, 0.1) is 26.7 Å². The van der Waals surface area contributed by atoms with E-state index in [1.54, 1.807) is 14.2 Å². The van der Waals surface area contributed by atoms with Crippen LogP contribution in [0.15, 0.2) is 42.5 Å². The molecule has 0 spiro atoms. The number of carboxylic acid groups (broad SMARTS) is 1. The molecule has 5 heteroatoms. The predicted octanol–water partition coefficient (Wildman–Crippen LogP) is 3.13. The molecule has 1 N–H and O–H groups in total. The highest BCUT2D eigenvalue weighted by Crippen LogP contribution is 2.40. The van der Waals surface area contributed by atoms with E-state index < -0.39 is 5.97 Å². The van der Waals surface area contributed by atoms with E-state index in [9.17, 15) is 4.79 Å². The van der Waals surface area contributed by atoms with E-state index >= 15 is 0 Å². The maximum absolute atomic E-state index is 11.1. The number of hydrogen-bond acceptors (Lipinski definition) is 4. The first kappa shape index (κ1) is 17.3. The zero-order chi connectivity index (χ0) is 17.8. The van der Waals surface area contributed by atoms with Gasteiger partial charge in [0.2, 0.25) is 0 Å². The summed E-state index contributed by atoms with van der Waals surface area (Å²) in [5.41, 5.74) is 3.53. The summed E-state index contributed by atoms with van der Waals surface area (Å²) in [6, 6.07) is 14.3. The second-order valence-electron chi connectivity index (χ2n) is 6.15. The van der Waals surface area contributed by atoms with Gasteiger partial charge < -0.3 is 14.6 Å². The predicted molar refractivity (Wildman–Crippen MR) is 95.4 cm³/mol. The number of ether oxygens (including phenoxy) is 2. The third-order valence-corrected chi connectivity index (χ3v) is 4.70. The molecule has 1 aliphatic rings. The second kappa shape index (κ2) is 7.57. The summed E-state index contributed by atoms with van der Waals surface area (Å²) in [7, 11) is 3.27. The fourth-order valence-electron chi connectivity index (χ4n) is 3.50. The Labute approximate surface area is 147 Å². The number of rotatable bonds is 6. The highest BCUT2D eigenvalue weighted by Gasteiger charge is 2.30. The van der Waals surface area contributed by atoms with Gasteiger partial charge in [0.15, 0.2) is 11.5 Å². The van der Waals surface area contributed by atoms with E-state index in [-0.39, 0.29) is 12.5 Å². The van der Waals surface area contributed by atoms with Crippen molar-refractivity contribution >= 4 is 5.97 Å². The normalized spacial score (nSPS) is 17.0. The van der Waals surface area contributed by atoms with Crippen LogP contribution in [0.5, 0.6) is 11.5 Å². The van der Waals surface area contributed by atoms with Crippen LogP contribution in [0.2, 0.25) is 0 Å². The smallest absolute Gasteiger partial charge is 0.304 e. The van der Waals surface area contributed by atoms with Crippen molar-refractivity contribution in [2.45, 2.75) is 18.9 Å². The molecule has 1 unspecified atom stereocenters. The zero-order valence-corrected chi connectivity index (χ0v) is 14.6. The summed E-state index contributed by atoms with van der Waals surface area (Å²) in [5.74, 6) is 0.652. The van der Waals surface area contributed by atoms with E-state index in [1.165, 1.54) is 5.56 Å². The number of carbonyl (C=O) groups is 1. The first-order valence-corrected chi connectivity index (χ1v) is 8.39. The largest absolute Gasteiger partial charge is 0.493 e. The highest BCUT2D eigenvalue weighted by atomic mass is 16.5. The van der Waals surface area contributed by atoms with Crippen LogP contribution in [0.3, 0.4) is 0 Å². The molecule has 1 heterocycles. The molecule has 0 fully saturated rings. The van der Waals surface area contributed by atoms with Gasteiger partial charge in [-0.15, -0.1) is 0 Å². The van der Waals surface area contributed by atoms with E-state index in [0.717, 1.165) is 29.8 Å². The Balaban J connectivity index is 2.05. The Morgan fingerprint density at radius 3 is 2.48 bits per heavy atom. The van der Waals surface area contributed by atoms with Crippen LogP contribution in [0, 0.1) is 0 Å². The van der Waals surface area contributed by atoms with Gasteiger partial charge in [-0.1, -0.05) is 30.3 Å². The van der Waals surface area contributed by atoms with Crippen LogP contribution in [0.4, 0.5) is 0 Å². The lowest BCUT2D eigenvalue weighted by Crippen LogP contribution is -2.37. The van der Waals surface area contributed by atoms with Crippen molar-refractivity contribution in [3.8, 4) is 11.5 Å². The fraction of sp³-hybridized carbons (Fsp3) is 0.350. The average Bonchev–Trinajstić information content (AvgIpc) is 2.65. The number of benzene rings is 2. The van der Waals surface area contributed by atoms with Crippen molar-refractivity contribution in [2.75, 3.05) is 27.3 Å². The Morgan fingerprint density at radius 1 is 1.16 bits per heavy atom. The molecule has 0 amide bonds. The SMILES string of the molecule is COc1cc2c(cc1OC)C(c1ccccc1)N(CCC(=O)O)CC2. The maximum Gasteiger partial charge on any atom is 0.304 e. The first-order chi connectivity index (χ1) is 12.1. The molecule has 0 saturated carbocycles. The molecule has 2 aromatic rings. The lowest BCUT2D eigenvalue weighted by Gasteiger charge is -2.38. The molecule has 25 heavy (non-hydrogen) atoms. The van der Waals surface area contributed by atoms with Gasteiger partial charge in [0.25, 0.3) is 0 Å². The van der Waals surface area contributed by atoms with Crippen molar-refractivity contribution in [2.24, 2.45) is 0 Å². The summed E-state index contributed by atoms with van der Waals surface area (Å²) in [4.78, 5) is 13.3. The van der Waals surface area contributed by atoms with Gasteiger partial charge in [0.1, 0.15) is 0 Å². The Morgan fingerprint density at radius 2 is 1.84 bits per heavy atom. The molecule has 0 aliphatic carbocycles. The molecule has 5 nitrogen and oxygen atoms in total. The summed E-state index contributed by atoms with van der Waals surface area (Å²) < 4.78 is 10.9. The molecule has 1 aliphatic heterocycles. The lowest BCUT2D eigenvalue weighted by atomic mass is 9.87. The van der Waals surface area contributed by atoms with Gasteiger partial charge in [-0.05, 0) is 35.2 Å². The number of aliphatic carboxylic acids is 1. The minimum Gasteiger partial charge on any atom is -0.493 e. The molecule has 132 valence electrons. The third kappa shape index (κ3) is 3.61. The maximum atomic E-state index is 11.1. The van der Waals surface area contributed by atoms with E-state index in [1.807, 2.05) is 30.3 Å². The quantitative estimate of drug-likeness (QED) is 0.875. The molecule has 2 aromatic carbocycles. The minimum absolute atomic E-state index is 0.0177. The van der Waals surface area contributed by atoms with Crippen LogP contribution in [0.25, 0.3) is 0 Å². The number of nitrogens with zero attached hydrogens (tertiary/aromatic N) is 1. The van der Waals surface area contributed by atoms with Gasteiger partial charge in [0, 0.05) is 13.1 Å². The second-order valence-corrected chi connectivity index (χ2v) is 6.15. The molecule has 3 rings (SSSR count). The molecule has 0 saturated heterocycles. The van der Waals surface area contributed by atoms with E-state index in [0.29, 0.717) is 12.3 Å². The highest BCUT2D eigenvalue weighted by molar-refractivity contribution is 5.67. The van der Waals surface area contributed by atoms with E-state index in [2.05, 4.69) is 17.0 Å². The molecule has 0 radical (unpaired) electrons. The van der Waals surface area contributed by atoms with Gasteiger partial charge >= 0.3 is 5.97 Å². The fourth-order valence-corrected chi connectivity index (χ4v) is 3.50. The molecule has 0 bridgehead atoms. The number of carboxylic acids is 1.